The molecule has 0 aromatic carbocycles. The molecule has 2 aromatic rings. The fraction of sp³-hybridized carbons (Fsp3) is 0.562. The Morgan fingerprint density at radius 2 is 2.10 bits per heavy atom. The Balaban J connectivity index is 1.35. The first-order chi connectivity index (χ1) is 10.4. The van der Waals surface area contributed by atoms with Gasteiger partial charge in [-0.1, -0.05) is 0 Å². The van der Waals surface area contributed by atoms with Crippen LogP contribution in [0, 0.1) is 0 Å². The number of thiazole rings is 1. The SMILES string of the molecule is c1cc(CN(Cc2csc(CNC3CC3)n2)C2CC2)cs1. The second-order valence-corrected chi connectivity index (χ2v) is 7.88. The van der Waals surface area contributed by atoms with Gasteiger partial charge in [0, 0.05) is 37.1 Å². The van der Waals surface area contributed by atoms with Gasteiger partial charge in [0.25, 0.3) is 0 Å². The van der Waals surface area contributed by atoms with Crippen molar-refractivity contribution in [3.8, 4) is 0 Å². The number of thiophene rings is 1. The first-order valence-corrected chi connectivity index (χ1v) is 9.61. The van der Waals surface area contributed by atoms with E-state index in [4.69, 9.17) is 4.98 Å². The molecule has 5 heteroatoms. The Morgan fingerprint density at radius 1 is 1.19 bits per heavy atom. The number of nitrogens with one attached hydrogen (secondary N) is 1. The van der Waals surface area contributed by atoms with Gasteiger partial charge in [-0.05, 0) is 48.1 Å². The lowest BCUT2D eigenvalue weighted by molar-refractivity contribution is 0.243. The second-order valence-electron chi connectivity index (χ2n) is 6.16. The Bertz CT molecular complexity index is 570. The molecule has 1 N–H and O–H groups in total. The van der Waals surface area contributed by atoms with Crippen LogP contribution >= 0.6 is 22.7 Å². The average Bonchev–Trinajstić information content (AvgIpc) is 3.41. The molecule has 0 radical (unpaired) electrons. The van der Waals surface area contributed by atoms with Crippen molar-refractivity contribution >= 4 is 22.7 Å². The van der Waals surface area contributed by atoms with Crippen molar-refractivity contribution in [2.24, 2.45) is 0 Å². The first kappa shape index (κ1) is 13.9. The number of aromatic nitrogens is 1. The van der Waals surface area contributed by atoms with Crippen LogP contribution in [0.5, 0.6) is 0 Å². The highest BCUT2D eigenvalue weighted by atomic mass is 32.1. The van der Waals surface area contributed by atoms with E-state index in [2.05, 4.69) is 32.4 Å². The number of nitrogens with zero attached hydrogens (tertiary/aromatic N) is 2. The van der Waals surface area contributed by atoms with Crippen LogP contribution in [-0.2, 0) is 19.6 Å². The van der Waals surface area contributed by atoms with E-state index in [0.29, 0.717) is 0 Å². The number of rotatable bonds is 8. The predicted molar refractivity (Wildman–Crippen MR) is 88.6 cm³/mol. The summed E-state index contributed by atoms with van der Waals surface area (Å²) in [5, 5.41) is 11.5. The zero-order valence-corrected chi connectivity index (χ0v) is 13.8. The molecule has 0 saturated heterocycles. The van der Waals surface area contributed by atoms with Gasteiger partial charge in [-0.15, -0.1) is 11.3 Å². The van der Waals surface area contributed by atoms with Crippen LogP contribution < -0.4 is 5.32 Å². The van der Waals surface area contributed by atoms with Gasteiger partial charge in [0.15, 0.2) is 0 Å². The molecule has 0 bridgehead atoms. The summed E-state index contributed by atoms with van der Waals surface area (Å²) in [6.45, 7) is 3.02. The molecular weight excluding hydrogens is 298 g/mol. The summed E-state index contributed by atoms with van der Waals surface area (Å²) in [6.07, 6.45) is 5.39. The molecule has 2 saturated carbocycles. The topological polar surface area (TPSA) is 28.2 Å². The van der Waals surface area contributed by atoms with Crippen LogP contribution in [-0.4, -0.2) is 22.0 Å². The van der Waals surface area contributed by atoms with E-state index in [1.165, 1.54) is 41.9 Å². The molecule has 0 unspecified atom stereocenters. The van der Waals surface area contributed by atoms with Crippen LogP contribution in [0.2, 0.25) is 0 Å². The molecule has 4 rings (SSSR count). The third-order valence-electron chi connectivity index (χ3n) is 4.11. The van der Waals surface area contributed by atoms with Crippen molar-refractivity contribution < 1.29 is 0 Å². The third-order valence-corrected chi connectivity index (χ3v) is 5.74. The highest BCUT2D eigenvalue weighted by Crippen LogP contribution is 2.30. The van der Waals surface area contributed by atoms with E-state index in [9.17, 15) is 0 Å². The predicted octanol–water partition coefficient (Wildman–Crippen LogP) is 3.62. The van der Waals surface area contributed by atoms with Gasteiger partial charge in [0.1, 0.15) is 5.01 Å². The zero-order valence-electron chi connectivity index (χ0n) is 12.1. The van der Waals surface area contributed by atoms with Gasteiger partial charge in [-0.3, -0.25) is 4.90 Å². The van der Waals surface area contributed by atoms with Gasteiger partial charge in [-0.25, -0.2) is 4.98 Å². The molecule has 21 heavy (non-hydrogen) atoms. The zero-order chi connectivity index (χ0) is 14.1. The Hall–Kier alpha value is -0.750. The molecule has 2 heterocycles. The Kier molecular flexibility index (Phi) is 4.07. The molecule has 112 valence electrons. The van der Waals surface area contributed by atoms with Gasteiger partial charge in [0.2, 0.25) is 0 Å². The second kappa shape index (κ2) is 6.16. The van der Waals surface area contributed by atoms with E-state index in [-0.39, 0.29) is 0 Å². The minimum Gasteiger partial charge on any atom is -0.308 e. The number of hydrogen-bond donors (Lipinski definition) is 1. The third kappa shape index (κ3) is 3.92. The minimum absolute atomic E-state index is 0.763. The fourth-order valence-electron chi connectivity index (χ4n) is 2.60. The lowest BCUT2D eigenvalue weighted by Gasteiger charge is -2.20. The van der Waals surface area contributed by atoms with Crippen LogP contribution in [0.1, 0.15) is 41.9 Å². The molecule has 2 aliphatic carbocycles. The molecule has 2 aromatic heterocycles. The smallest absolute Gasteiger partial charge is 0.107 e. The highest BCUT2D eigenvalue weighted by molar-refractivity contribution is 7.09. The molecule has 2 fully saturated rings. The van der Waals surface area contributed by atoms with Crippen molar-refractivity contribution in [2.75, 3.05) is 0 Å². The van der Waals surface area contributed by atoms with E-state index < -0.39 is 0 Å². The monoisotopic (exact) mass is 319 g/mol. The highest BCUT2D eigenvalue weighted by Gasteiger charge is 2.29. The van der Waals surface area contributed by atoms with Gasteiger partial charge >= 0.3 is 0 Å². The minimum atomic E-state index is 0.763. The molecular formula is C16H21N3S2. The molecule has 2 aliphatic rings. The van der Waals surface area contributed by atoms with E-state index in [1.54, 1.807) is 22.7 Å². The summed E-state index contributed by atoms with van der Waals surface area (Å²) in [5.41, 5.74) is 2.69. The lowest BCUT2D eigenvalue weighted by Crippen LogP contribution is -2.25. The molecule has 3 nitrogen and oxygen atoms in total. The lowest BCUT2D eigenvalue weighted by atomic mass is 10.3. The van der Waals surface area contributed by atoms with Gasteiger partial charge in [0.05, 0.1) is 5.69 Å². The summed E-state index contributed by atoms with van der Waals surface area (Å²) < 4.78 is 0. The van der Waals surface area contributed by atoms with Crippen molar-refractivity contribution in [3.05, 3.63) is 38.5 Å². The van der Waals surface area contributed by atoms with Crippen molar-refractivity contribution in [2.45, 2.75) is 57.4 Å². The maximum absolute atomic E-state index is 4.81. The Morgan fingerprint density at radius 3 is 2.81 bits per heavy atom. The molecule has 0 amide bonds. The summed E-state index contributed by atoms with van der Waals surface area (Å²) in [7, 11) is 0. The summed E-state index contributed by atoms with van der Waals surface area (Å²) in [4.78, 5) is 7.40. The standard InChI is InChI=1S/C16H21N3S2/c1-2-13(1)17-7-16-18-14(11-21-16)9-19(15-3-4-15)8-12-5-6-20-10-12/h5-6,10-11,13,15,17H,1-4,7-9H2. The quantitative estimate of drug-likeness (QED) is 0.805. The normalized spacial score (nSPS) is 18.5. The number of hydrogen-bond acceptors (Lipinski definition) is 5. The maximum Gasteiger partial charge on any atom is 0.107 e. The largest absolute Gasteiger partial charge is 0.308 e. The Labute approximate surface area is 134 Å². The van der Waals surface area contributed by atoms with Crippen molar-refractivity contribution in [1.82, 2.24) is 15.2 Å². The van der Waals surface area contributed by atoms with Crippen molar-refractivity contribution in [1.29, 1.82) is 0 Å². The van der Waals surface area contributed by atoms with Crippen LogP contribution in [0.4, 0.5) is 0 Å². The van der Waals surface area contributed by atoms with Crippen molar-refractivity contribution in [3.63, 3.8) is 0 Å². The van der Waals surface area contributed by atoms with E-state index >= 15 is 0 Å². The van der Waals surface area contributed by atoms with Gasteiger partial charge in [-0.2, -0.15) is 11.3 Å². The summed E-state index contributed by atoms with van der Waals surface area (Å²) >= 11 is 3.59. The molecule has 0 atom stereocenters. The fourth-order valence-corrected chi connectivity index (χ4v) is 4.00. The molecule has 0 spiro atoms. The van der Waals surface area contributed by atoms with Gasteiger partial charge < -0.3 is 5.32 Å². The average molecular weight is 319 g/mol. The van der Waals surface area contributed by atoms with Crippen LogP contribution in [0.3, 0.4) is 0 Å². The first-order valence-electron chi connectivity index (χ1n) is 7.78. The van der Waals surface area contributed by atoms with E-state index in [1.807, 2.05) is 0 Å². The molecule has 0 aliphatic heterocycles. The summed E-state index contributed by atoms with van der Waals surface area (Å²) in [6, 6.07) is 3.78. The summed E-state index contributed by atoms with van der Waals surface area (Å²) in [5.74, 6) is 0. The maximum atomic E-state index is 4.81. The van der Waals surface area contributed by atoms with Crippen LogP contribution in [0.25, 0.3) is 0 Å². The van der Waals surface area contributed by atoms with Crippen LogP contribution in [0.15, 0.2) is 22.2 Å². The van der Waals surface area contributed by atoms with E-state index in [0.717, 1.165) is 31.7 Å².